The second kappa shape index (κ2) is 9.65. The molecule has 1 saturated heterocycles. The average Bonchev–Trinajstić information content (AvgIpc) is 3.08. The number of hydrogen-bond acceptors (Lipinski definition) is 5. The molecule has 1 unspecified atom stereocenters. The number of aromatic nitrogens is 1. The molecule has 6 nitrogen and oxygen atoms in total. The summed E-state index contributed by atoms with van der Waals surface area (Å²) in [5.41, 5.74) is 1.05. The smallest absolute Gasteiger partial charge is 0.295 e. The Kier molecular flexibility index (Phi) is 6.49. The summed E-state index contributed by atoms with van der Waals surface area (Å²) in [5, 5.41) is 11.1. The Hall–Kier alpha value is -4.00. The maximum atomic E-state index is 14.8. The summed E-state index contributed by atoms with van der Waals surface area (Å²) in [4.78, 5) is 31.3. The third-order valence-electron chi connectivity index (χ3n) is 5.44. The van der Waals surface area contributed by atoms with Crippen LogP contribution >= 0.6 is 0 Å². The van der Waals surface area contributed by atoms with Crippen LogP contribution in [0.15, 0.2) is 78.6 Å². The molecule has 7 heteroatoms. The molecule has 1 aliphatic rings. The molecule has 2 heterocycles. The van der Waals surface area contributed by atoms with Crippen molar-refractivity contribution in [2.75, 3.05) is 6.61 Å². The van der Waals surface area contributed by atoms with Crippen LogP contribution in [0.4, 0.5) is 4.39 Å². The van der Waals surface area contributed by atoms with Gasteiger partial charge in [-0.3, -0.25) is 14.6 Å². The number of pyridine rings is 1. The molecule has 0 spiro atoms. The molecule has 0 aliphatic carbocycles. The van der Waals surface area contributed by atoms with Crippen molar-refractivity contribution in [2.45, 2.75) is 25.9 Å². The number of benzene rings is 2. The molecule has 168 valence electrons. The summed E-state index contributed by atoms with van der Waals surface area (Å²) in [6.07, 6.45) is 4.00. The first-order valence-corrected chi connectivity index (χ1v) is 10.7. The number of likely N-dealkylation sites (tertiary alicyclic amines) is 1. The lowest BCUT2D eigenvalue weighted by Gasteiger charge is -2.25. The Morgan fingerprint density at radius 1 is 1.06 bits per heavy atom. The molecule has 1 amide bonds. The van der Waals surface area contributed by atoms with Crippen molar-refractivity contribution < 1.29 is 23.8 Å². The molecule has 2 aromatic carbocycles. The fourth-order valence-electron chi connectivity index (χ4n) is 3.83. The third kappa shape index (κ3) is 4.48. The highest BCUT2D eigenvalue weighted by Crippen LogP contribution is 2.41. The number of nitrogens with zero attached hydrogens (tertiary/aromatic N) is 2. The van der Waals surface area contributed by atoms with Crippen LogP contribution in [-0.4, -0.2) is 33.3 Å². The number of amides is 1. The van der Waals surface area contributed by atoms with Gasteiger partial charge in [-0.1, -0.05) is 25.1 Å². The first kappa shape index (κ1) is 22.2. The molecule has 0 radical (unpaired) electrons. The van der Waals surface area contributed by atoms with Crippen LogP contribution in [0.5, 0.6) is 5.75 Å². The van der Waals surface area contributed by atoms with Gasteiger partial charge in [-0.05, 0) is 54.4 Å². The van der Waals surface area contributed by atoms with E-state index in [2.05, 4.69) is 4.98 Å². The molecule has 33 heavy (non-hydrogen) atoms. The number of halogens is 1. The van der Waals surface area contributed by atoms with Gasteiger partial charge in [-0.25, -0.2) is 4.39 Å². The van der Waals surface area contributed by atoms with Crippen LogP contribution in [0.1, 0.15) is 36.1 Å². The van der Waals surface area contributed by atoms with Crippen molar-refractivity contribution >= 4 is 17.4 Å². The standard InChI is InChI=1S/C26H23FN2O4/c1-2-15-33-19-9-7-18(8-10-19)24(30)22-23(20-5-3-4-6-21(20)27)29(26(32)25(22)31)16-17-11-13-28-14-12-17/h3-14,23,30H,2,15-16H2,1H3/b24-22-. The molecular weight excluding hydrogens is 423 g/mol. The van der Waals surface area contributed by atoms with E-state index in [1.54, 1.807) is 54.9 Å². The minimum Gasteiger partial charge on any atom is -0.507 e. The van der Waals surface area contributed by atoms with E-state index in [4.69, 9.17) is 4.74 Å². The summed E-state index contributed by atoms with van der Waals surface area (Å²) >= 11 is 0. The molecule has 0 bridgehead atoms. The molecule has 4 rings (SSSR count). The van der Waals surface area contributed by atoms with E-state index < -0.39 is 23.5 Å². The second-order valence-electron chi connectivity index (χ2n) is 7.68. The Balaban J connectivity index is 1.80. The van der Waals surface area contributed by atoms with Crippen LogP contribution in [0, 0.1) is 5.82 Å². The second-order valence-corrected chi connectivity index (χ2v) is 7.68. The van der Waals surface area contributed by atoms with E-state index in [0.717, 1.165) is 12.0 Å². The monoisotopic (exact) mass is 446 g/mol. The lowest BCUT2D eigenvalue weighted by Crippen LogP contribution is -2.29. The number of aliphatic hydroxyl groups excluding tert-OH is 1. The van der Waals surface area contributed by atoms with E-state index >= 15 is 0 Å². The van der Waals surface area contributed by atoms with Crippen molar-refractivity contribution in [3.05, 3.63) is 101 Å². The summed E-state index contributed by atoms with van der Waals surface area (Å²) < 4.78 is 20.4. The Labute approximate surface area is 191 Å². The number of ether oxygens (including phenoxy) is 1. The number of hydrogen-bond donors (Lipinski definition) is 1. The molecule has 1 aliphatic heterocycles. The lowest BCUT2D eigenvalue weighted by atomic mass is 9.94. The molecule has 1 N–H and O–H groups in total. The number of aliphatic hydroxyl groups is 1. The van der Waals surface area contributed by atoms with Gasteiger partial charge in [0.15, 0.2) is 0 Å². The number of carbonyl (C=O) groups excluding carboxylic acids is 2. The van der Waals surface area contributed by atoms with Crippen molar-refractivity contribution in [2.24, 2.45) is 0 Å². The van der Waals surface area contributed by atoms with Gasteiger partial charge < -0.3 is 14.7 Å². The lowest BCUT2D eigenvalue weighted by molar-refractivity contribution is -0.140. The van der Waals surface area contributed by atoms with E-state index in [9.17, 15) is 19.1 Å². The van der Waals surface area contributed by atoms with Gasteiger partial charge in [-0.15, -0.1) is 0 Å². The quantitative estimate of drug-likeness (QED) is 0.325. The summed E-state index contributed by atoms with van der Waals surface area (Å²) in [6, 6.07) is 14.9. The highest BCUT2D eigenvalue weighted by Gasteiger charge is 2.46. The fourth-order valence-corrected chi connectivity index (χ4v) is 3.83. The van der Waals surface area contributed by atoms with Gasteiger partial charge in [0.25, 0.3) is 11.7 Å². The summed E-state index contributed by atoms with van der Waals surface area (Å²) in [6.45, 7) is 2.61. The zero-order valence-corrected chi connectivity index (χ0v) is 18.1. The van der Waals surface area contributed by atoms with Crippen molar-refractivity contribution in [3.8, 4) is 5.75 Å². The molecular formula is C26H23FN2O4. The highest BCUT2D eigenvalue weighted by molar-refractivity contribution is 6.46. The van der Waals surface area contributed by atoms with Crippen LogP contribution in [-0.2, 0) is 16.1 Å². The SMILES string of the molecule is CCCOc1ccc(/C(O)=C2/C(=O)C(=O)N(Cc3ccncc3)C2c2ccccc2F)cc1. The zero-order valence-electron chi connectivity index (χ0n) is 18.1. The fraction of sp³-hybridized carbons (Fsp3) is 0.192. The zero-order chi connectivity index (χ0) is 23.4. The molecule has 0 saturated carbocycles. The van der Waals surface area contributed by atoms with Crippen molar-refractivity contribution in [1.82, 2.24) is 9.88 Å². The Morgan fingerprint density at radius 2 is 1.76 bits per heavy atom. The van der Waals surface area contributed by atoms with Crippen LogP contribution in [0.2, 0.25) is 0 Å². The Morgan fingerprint density at radius 3 is 2.42 bits per heavy atom. The van der Waals surface area contributed by atoms with Crippen molar-refractivity contribution in [1.29, 1.82) is 0 Å². The normalized spacial score (nSPS) is 17.4. The molecule has 1 atom stereocenters. The molecule has 3 aromatic rings. The van der Waals surface area contributed by atoms with Gasteiger partial charge in [0.2, 0.25) is 0 Å². The first-order valence-electron chi connectivity index (χ1n) is 10.7. The predicted molar refractivity (Wildman–Crippen MR) is 121 cm³/mol. The average molecular weight is 446 g/mol. The summed E-state index contributed by atoms with van der Waals surface area (Å²) in [7, 11) is 0. The van der Waals surface area contributed by atoms with Crippen LogP contribution < -0.4 is 4.74 Å². The van der Waals surface area contributed by atoms with Crippen LogP contribution in [0.25, 0.3) is 5.76 Å². The maximum absolute atomic E-state index is 14.8. The summed E-state index contributed by atoms with van der Waals surface area (Å²) in [5.74, 6) is -1.97. The van der Waals surface area contributed by atoms with Gasteiger partial charge in [0, 0.05) is 30.1 Å². The van der Waals surface area contributed by atoms with Crippen molar-refractivity contribution in [3.63, 3.8) is 0 Å². The number of carbonyl (C=O) groups is 2. The third-order valence-corrected chi connectivity index (χ3v) is 5.44. The predicted octanol–water partition coefficient (Wildman–Crippen LogP) is 4.63. The van der Waals surface area contributed by atoms with E-state index in [0.29, 0.717) is 17.9 Å². The number of rotatable bonds is 7. The minimum atomic E-state index is -1.07. The largest absolute Gasteiger partial charge is 0.507 e. The maximum Gasteiger partial charge on any atom is 0.295 e. The van der Waals surface area contributed by atoms with Gasteiger partial charge in [0.1, 0.15) is 17.3 Å². The van der Waals surface area contributed by atoms with E-state index in [1.165, 1.54) is 23.1 Å². The topological polar surface area (TPSA) is 79.7 Å². The highest BCUT2D eigenvalue weighted by atomic mass is 19.1. The first-order chi connectivity index (χ1) is 16.0. The Bertz CT molecular complexity index is 1190. The minimum absolute atomic E-state index is 0.0622. The van der Waals surface area contributed by atoms with E-state index in [1.807, 2.05) is 6.92 Å². The molecule has 1 fully saturated rings. The van der Waals surface area contributed by atoms with Crippen LogP contribution in [0.3, 0.4) is 0 Å². The van der Waals surface area contributed by atoms with E-state index in [-0.39, 0.29) is 23.4 Å². The van der Waals surface area contributed by atoms with Gasteiger partial charge >= 0.3 is 0 Å². The number of Topliss-reactive ketones (excluding diaryl/α,β-unsaturated/α-hetero) is 1. The van der Waals surface area contributed by atoms with Gasteiger partial charge in [0.05, 0.1) is 18.2 Å². The molecule has 1 aromatic heterocycles. The number of ketones is 1. The van der Waals surface area contributed by atoms with Gasteiger partial charge in [-0.2, -0.15) is 0 Å².